The van der Waals surface area contributed by atoms with Crippen LogP contribution in [-0.2, 0) is 10.8 Å². The van der Waals surface area contributed by atoms with Gasteiger partial charge in [0.25, 0.3) is 0 Å². The molecule has 0 spiro atoms. The average Bonchev–Trinajstić information content (AvgIpc) is 3.49. The Kier molecular flexibility index (Phi) is 5.96. The van der Waals surface area contributed by atoms with Crippen LogP contribution in [0, 0.1) is 0 Å². The lowest BCUT2D eigenvalue weighted by atomic mass is 9.80. The molecule has 47 heavy (non-hydrogen) atoms. The van der Waals surface area contributed by atoms with Crippen LogP contribution in [0.3, 0.4) is 0 Å². The molecule has 2 aliphatic carbocycles. The van der Waals surface area contributed by atoms with Gasteiger partial charge in [0, 0.05) is 27.6 Å². The van der Waals surface area contributed by atoms with Gasteiger partial charge in [-0.05, 0) is 91.4 Å². The monoisotopic (exact) mass is 603 g/mol. The van der Waals surface area contributed by atoms with Gasteiger partial charge in [-0.2, -0.15) is 0 Å². The fraction of sp³-hybridized carbons (Fsp3) is 0.130. The Morgan fingerprint density at radius 3 is 1.70 bits per heavy atom. The van der Waals surface area contributed by atoms with E-state index >= 15 is 0 Å². The number of fused-ring (bicyclic) bond motifs is 8. The van der Waals surface area contributed by atoms with Gasteiger partial charge in [0.05, 0.1) is 5.69 Å². The molecule has 226 valence electrons. The summed E-state index contributed by atoms with van der Waals surface area (Å²) < 4.78 is 0. The van der Waals surface area contributed by atoms with Gasteiger partial charge in [-0.3, -0.25) is 0 Å². The molecule has 1 nitrogen and oxygen atoms in total. The molecular weight excluding hydrogens is 567 g/mol. The van der Waals surface area contributed by atoms with Gasteiger partial charge in [0.2, 0.25) is 0 Å². The Morgan fingerprint density at radius 1 is 0.383 bits per heavy atom. The highest BCUT2D eigenvalue weighted by atomic mass is 15.1. The van der Waals surface area contributed by atoms with Gasteiger partial charge in [-0.15, -0.1) is 0 Å². The number of rotatable bonds is 4. The molecule has 0 N–H and O–H groups in total. The van der Waals surface area contributed by atoms with E-state index in [4.69, 9.17) is 0 Å². The third-order valence-corrected chi connectivity index (χ3v) is 10.9. The van der Waals surface area contributed by atoms with E-state index in [1.54, 1.807) is 0 Å². The van der Waals surface area contributed by atoms with Crippen LogP contribution in [0.25, 0.3) is 44.2 Å². The molecule has 0 saturated heterocycles. The molecule has 0 fully saturated rings. The summed E-state index contributed by atoms with van der Waals surface area (Å²) in [6.45, 7) is 9.48. The molecule has 0 radical (unpaired) electrons. The highest BCUT2D eigenvalue weighted by Gasteiger charge is 2.38. The van der Waals surface area contributed by atoms with Crippen molar-refractivity contribution in [1.82, 2.24) is 0 Å². The van der Waals surface area contributed by atoms with E-state index in [-0.39, 0.29) is 10.8 Å². The fourth-order valence-corrected chi connectivity index (χ4v) is 8.52. The summed E-state index contributed by atoms with van der Waals surface area (Å²) in [7, 11) is 0. The van der Waals surface area contributed by atoms with Crippen molar-refractivity contribution in [2.75, 3.05) is 4.90 Å². The lowest BCUT2D eigenvalue weighted by Crippen LogP contribution is -2.17. The molecule has 2 aliphatic rings. The smallest absolute Gasteiger partial charge is 0.0540 e. The Morgan fingerprint density at radius 2 is 0.957 bits per heavy atom. The van der Waals surface area contributed by atoms with Crippen molar-refractivity contribution in [3.8, 4) is 33.4 Å². The Labute approximate surface area is 277 Å². The summed E-state index contributed by atoms with van der Waals surface area (Å²) >= 11 is 0. The van der Waals surface area contributed by atoms with E-state index in [2.05, 4.69) is 184 Å². The van der Waals surface area contributed by atoms with Crippen molar-refractivity contribution < 1.29 is 0 Å². The maximum Gasteiger partial charge on any atom is 0.0540 e. The summed E-state index contributed by atoms with van der Waals surface area (Å²) in [5.41, 5.74) is 16.8. The predicted octanol–water partition coefficient (Wildman–Crippen LogP) is 12.6. The summed E-state index contributed by atoms with van der Waals surface area (Å²) in [6, 6.07) is 56.2. The van der Waals surface area contributed by atoms with Crippen molar-refractivity contribution in [1.29, 1.82) is 0 Å². The molecule has 0 bridgehead atoms. The minimum atomic E-state index is -0.0877. The first-order valence-corrected chi connectivity index (χ1v) is 16.7. The van der Waals surface area contributed by atoms with E-state index in [1.165, 1.54) is 77.8 Å². The average molecular weight is 604 g/mol. The highest BCUT2D eigenvalue weighted by molar-refractivity contribution is 6.05. The van der Waals surface area contributed by atoms with E-state index in [0.29, 0.717) is 0 Å². The van der Waals surface area contributed by atoms with Crippen LogP contribution in [-0.4, -0.2) is 0 Å². The number of benzene rings is 7. The van der Waals surface area contributed by atoms with Gasteiger partial charge in [-0.25, -0.2) is 0 Å². The van der Waals surface area contributed by atoms with Crippen molar-refractivity contribution in [3.63, 3.8) is 0 Å². The highest BCUT2D eigenvalue weighted by Crippen LogP contribution is 2.54. The molecule has 0 heterocycles. The maximum atomic E-state index is 2.47. The van der Waals surface area contributed by atoms with Crippen LogP contribution in [0.1, 0.15) is 49.9 Å². The second-order valence-corrected chi connectivity index (χ2v) is 14.2. The third kappa shape index (κ3) is 4.02. The zero-order chi connectivity index (χ0) is 31.9. The molecule has 9 rings (SSSR count). The quantitative estimate of drug-likeness (QED) is 0.193. The van der Waals surface area contributed by atoms with Crippen molar-refractivity contribution in [3.05, 3.63) is 174 Å². The number of nitrogens with zero attached hydrogens (tertiary/aromatic N) is 1. The second kappa shape index (κ2) is 10.0. The first-order chi connectivity index (χ1) is 22.8. The van der Waals surface area contributed by atoms with Crippen LogP contribution in [0.2, 0.25) is 0 Å². The normalized spacial score (nSPS) is 14.7. The molecule has 0 saturated carbocycles. The fourth-order valence-electron chi connectivity index (χ4n) is 8.52. The largest absolute Gasteiger partial charge is 0.310 e. The van der Waals surface area contributed by atoms with E-state index in [1.807, 2.05) is 0 Å². The van der Waals surface area contributed by atoms with Crippen LogP contribution in [0.5, 0.6) is 0 Å². The van der Waals surface area contributed by atoms with Gasteiger partial charge in [0.15, 0.2) is 0 Å². The van der Waals surface area contributed by atoms with Crippen LogP contribution >= 0.6 is 0 Å². The number of anilines is 3. The Hall–Kier alpha value is -5.40. The molecule has 0 aliphatic heterocycles. The van der Waals surface area contributed by atoms with Crippen molar-refractivity contribution >= 4 is 27.8 Å². The minimum Gasteiger partial charge on any atom is -0.310 e. The van der Waals surface area contributed by atoms with Gasteiger partial charge >= 0.3 is 0 Å². The molecule has 0 aromatic heterocycles. The lowest BCUT2D eigenvalue weighted by Gasteiger charge is -2.30. The van der Waals surface area contributed by atoms with E-state index in [0.717, 1.165) is 5.69 Å². The van der Waals surface area contributed by atoms with Crippen molar-refractivity contribution in [2.24, 2.45) is 0 Å². The zero-order valence-electron chi connectivity index (χ0n) is 27.4. The first-order valence-electron chi connectivity index (χ1n) is 16.7. The van der Waals surface area contributed by atoms with Crippen LogP contribution in [0.4, 0.5) is 17.1 Å². The third-order valence-electron chi connectivity index (χ3n) is 10.9. The van der Waals surface area contributed by atoms with Gasteiger partial charge in [0.1, 0.15) is 0 Å². The molecule has 1 heteroatoms. The summed E-state index contributed by atoms with van der Waals surface area (Å²) in [5, 5.41) is 2.59. The number of hydrogen-bond donors (Lipinski definition) is 0. The zero-order valence-corrected chi connectivity index (χ0v) is 27.4. The van der Waals surface area contributed by atoms with Gasteiger partial charge < -0.3 is 4.90 Å². The number of hydrogen-bond acceptors (Lipinski definition) is 1. The molecular formula is C46H37N. The van der Waals surface area contributed by atoms with Crippen molar-refractivity contribution in [2.45, 2.75) is 38.5 Å². The first kappa shape index (κ1) is 27.9. The van der Waals surface area contributed by atoms with Crippen LogP contribution in [0.15, 0.2) is 152 Å². The summed E-state index contributed by atoms with van der Waals surface area (Å²) in [4.78, 5) is 2.47. The molecule has 0 unspecified atom stereocenters. The van der Waals surface area contributed by atoms with Crippen LogP contribution < -0.4 is 4.90 Å². The predicted molar refractivity (Wildman–Crippen MR) is 199 cm³/mol. The van der Waals surface area contributed by atoms with Gasteiger partial charge in [-0.1, -0.05) is 149 Å². The topological polar surface area (TPSA) is 3.24 Å². The van der Waals surface area contributed by atoms with E-state index < -0.39 is 0 Å². The molecule has 0 amide bonds. The summed E-state index contributed by atoms with van der Waals surface area (Å²) in [5.74, 6) is 0. The Bertz CT molecular complexity index is 2340. The standard InChI is InChI=1S/C46H37N/c1-45(2)40-18-10-8-15-34(40)36-26-25-33(29-42(36)45)47(32-23-21-31(22-24-32)30-13-6-5-7-14-30)43-20-12-17-38-37(43)27-28-39-35-16-9-11-19-41(35)46(3,4)44(38)39/h5-29H,1-4H3. The minimum absolute atomic E-state index is 0.0832. The second-order valence-electron chi connectivity index (χ2n) is 14.2. The van der Waals surface area contributed by atoms with E-state index in [9.17, 15) is 0 Å². The lowest BCUT2D eigenvalue weighted by molar-refractivity contribution is 0.660. The molecule has 0 atom stereocenters. The molecule has 7 aromatic carbocycles. The maximum absolute atomic E-state index is 2.47. The Balaban J connectivity index is 1.26. The summed E-state index contributed by atoms with van der Waals surface area (Å²) in [6.07, 6.45) is 0. The SMILES string of the molecule is CC1(C)c2ccccc2-c2ccc(N(c3ccc(-c4ccccc4)cc3)c3cccc4c5c(ccc34)-c3ccccc3C5(C)C)cc21. The molecule has 7 aromatic rings.